The fraction of sp³-hybridized carbons (Fsp3) is 0.545. The maximum Gasteiger partial charge on any atom is 0.461 e. The van der Waals surface area contributed by atoms with Gasteiger partial charge < -0.3 is 23.7 Å². The van der Waals surface area contributed by atoms with Crippen LogP contribution < -0.4 is 9.64 Å². The predicted octanol–water partition coefficient (Wildman–Crippen LogP) is 3.39. The zero-order valence-corrected chi connectivity index (χ0v) is 21.7. The highest BCUT2D eigenvalue weighted by atomic mass is 32.1. The lowest BCUT2D eigenvalue weighted by Gasteiger charge is -2.30. The van der Waals surface area contributed by atoms with Crippen molar-refractivity contribution in [2.24, 2.45) is 0 Å². The van der Waals surface area contributed by atoms with Gasteiger partial charge in [0, 0.05) is 31.8 Å². The molecule has 0 N–H and O–H groups in total. The minimum Gasteiger partial charge on any atom is -0.462 e. The number of carbonyl (C=O) groups is 2. The number of carbonyl (C=O) groups excluding carboxylic acids is 2. The standard InChI is InChI=1S/C22H23F5N6O5S/c1-4-14-7-15-17(32-5-6-33-16(8-32)30-31-19(33)21(23,24)22(25,26)27)28-20(29-18(15)39-14)37-10-13(38-12(3)35)9-36-11(2)34/h7,13H,4-6,8-10H2,1-3H3. The van der Waals surface area contributed by atoms with Gasteiger partial charge in [-0.15, -0.1) is 21.5 Å². The van der Waals surface area contributed by atoms with E-state index >= 15 is 0 Å². The topological polar surface area (TPSA) is 122 Å². The molecule has 3 aromatic rings. The largest absolute Gasteiger partial charge is 0.462 e. The highest BCUT2D eigenvalue weighted by Gasteiger charge is 2.62. The van der Waals surface area contributed by atoms with E-state index in [-0.39, 0.29) is 44.7 Å². The first-order valence-electron chi connectivity index (χ1n) is 11.7. The third-order valence-corrected chi connectivity index (χ3v) is 6.82. The molecule has 4 heterocycles. The van der Waals surface area contributed by atoms with Gasteiger partial charge in [0.15, 0.2) is 11.9 Å². The molecule has 1 unspecified atom stereocenters. The normalized spacial score (nSPS) is 14.7. The average molecular weight is 579 g/mol. The van der Waals surface area contributed by atoms with Crippen molar-refractivity contribution in [1.29, 1.82) is 0 Å². The van der Waals surface area contributed by atoms with Crippen molar-refractivity contribution in [3.8, 4) is 6.01 Å². The maximum atomic E-state index is 14.0. The monoisotopic (exact) mass is 578 g/mol. The molecular weight excluding hydrogens is 555 g/mol. The van der Waals surface area contributed by atoms with Gasteiger partial charge >= 0.3 is 30.0 Å². The van der Waals surface area contributed by atoms with Crippen LogP contribution in [0.25, 0.3) is 10.2 Å². The Hall–Kier alpha value is -3.63. The van der Waals surface area contributed by atoms with Gasteiger partial charge in [0.2, 0.25) is 5.82 Å². The number of ether oxygens (including phenoxy) is 3. The van der Waals surface area contributed by atoms with E-state index in [0.717, 1.165) is 9.44 Å². The molecule has 212 valence electrons. The second-order valence-corrected chi connectivity index (χ2v) is 9.66. The van der Waals surface area contributed by atoms with Crippen molar-refractivity contribution in [2.75, 3.05) is 24.7 Å². The lowest BCUT2D eigenvalue weighted by atomic mass is 10.2. The van der Waals surface area contributed by atoms with E-state index in [9.17, 15) is 31.5 Å². The molecule has 1 aliphatic heterocycles. The molecule has 0 bridgehead atoms. The van der Waals surface area contributed by atoms with Gasteiger partial charge in [0.05, 0.1) is 11.9 Å². The molecule has 0 saturated carbocycles. The molecule has 3 aromatic heterocycles. The molecule has 0 radical (unpaired) electrons. The Labute approximate surface area is 221 Å². The number of halogens is 5. The van der Waals surface area contributed by atoms with Crippen LogP contribution in [-0.2, 0) is 44.5 Å². The van der Waals surface area contributed by atoms with Crippen molar-refractivity contribution in [2.45, 2.75) is 58.5 Å². The van der Waals surface area contributed by atoms with Crippen molar-refractivity contribution >= 4 is 39.3 Å². The summed E-state index contributed by atoms with van der Waals surface area (Å²) in [6.45, 7) is 3.47. The van der Waals surface area contributed by atoms with E-state index in [0.29, 0.717) is 22.5 Å². The Morgan fingerprint density at radius 1 is 1.08 bits per heavy atom. The SMILES string of the molecule is CCc1cc2c(N3CCn4c(nnc4C(F)(F)C(F)(F)F)C3)nc(OCC(COC(C)=O)OC(C)=O)nc2s1. The molecule has 17 heteroatoms. The number of thiophene rings is 1. The van der Waals surface area contributed by atoms with E-state index in [1.54, 1.807) is 4.90 Å². The highest BCUT2D eigenvalue weighted by molar-refractivity contribution is 7.18. The fourth-order valence-corrected chi connectivity index (χ4v) is 4.80. The minimum atomic E-state index is -5.81. The molecule has 4 rings (SSSR count). The van der Waals surface area contributed by atoms with Gasteiger partial charge in [-0.1, -0.05) is 6.92 Å². The van der Waals surface area contributed by atoms with Crippen LogP contribution in [0.1, 0.15) is 37.3 Å². The van der Waals surface area contributed by atoms with Crippen LogP contribution in [0.5, 0.6) is 6.01 Å². The number of hydrogen-bond donors (Lipinski definition) is 0. The quantitative estimate of drug-likeness (QED) is 0.276. The zero-order chi connectivity index (χ0) is 28.5. The number of rotatable bonds is 9. The van der Waals surface area contributed by atoms with Gasteiger partial charge in [0.1, 0.15) is 23.9 Å². The molecule has 1 atom stereocenters. The third-order valence-electron chi connectivity index (χ3n) is 5.64. The van der Waals surface area contributed by atoms with E-state index < -0.39 is 36.0 Å². The van der Waals surface area contributed by atoms with Gasteiger partial charge in [0.25, 0.3) is 0 Å². The number of nitrogens with zero attached hydrogens (tertiary/aromatic N) is 6. The first-order chi connectivity index (χ1) is 18.3. The lowest BCUT2D eigenvalue weighted by molar-refractivity contribution is -0.293. The third kappa shape index (κ3) is 6.02. The second-order valence-electron chi connectivity index (χ2n) is 8.55. The van der Waals surface area contributed by atoms with Crippen LogP contribution in [0.4, 0.5) is 27.8 Å². The Balaban J connectivity index is 1.62. The summed E-state index contributed by atoms with van der Waals surface area (Å²) in [6, 6.07) is 1.77. The summed E-state index contributed by atoms with van der Waals surface area (Å²) in [5.41, 5.74) is 0. The summed E-state index contributed by atoms with van der Waals surface area (Å²) in [4.78, 5) is 34.6. The molecule has 0 amide bonds. The average Bonchev–Trinajstić information content (AvgIpc) is 3.48. The van der Waals surface area contributed by atoms with E-state index in [1.165, 1.54) is 25.2 Å². The summed E-state index contributed by atoms with van der Waals surface area (Å²) in [7, 11) is 0. The van der Waals surface area contributed by atoms with Crippen LogP contribution in [0.15, 0.2) is 6.07 Å². The summed E-state index contributed by atoms with van der Waals surface area (Å²) >= 11 is 1.37. The van der Waals surface area contributed by atoms with E-state index in [1.807, 2.05) is 13.0 Å². The molecule has 0 fully saturated rings. The number of alkyl halides is 5. The molecule has 11 nitrogen and oxygen atoms in total. The van der Waals surface area contributed by atoms with Crippen LogP contribution >= 0.6 is 11.3 Å². The van der Waals surface area contributed by atoms with Gasteiger partial charge in [-0.25, -0.2) is 0 Å². The predicted molar refractivity (Wildman–Crippen MR) is 125 cm³/mol. The Morgan fingerprint density at radius 3 is 2.46 bits per heavy atom. The van der Waals surface area contributed by atoms with Crippen LogP contribution in [-0.4, -0.2) is 68.7 Å². The number of aromatic nitrogens is 5. The molecule has 0 spiro atoms. The van der Waals surface area contributed by atoms with E-state index in [4.69, 9.17) is 14.2 Å². The molecule has 0 aliphatic carbocycles. The molecule has 0 saturated heterocycles. The van der Waals surface area contributed by atoms with Crippen molar-refractivity contribution in [1.82, 2.24) is 24.7 Å². The summed E-state index contributed by atoms with van der Waals surface area (Å²) in [6.07, 6.45) is -6.06. The van der Waals surface area contributed by atoms with Crippen molar-refractivity contribution < 1.29 is 45.8 Å². The second kappa shape index (κ2) is 10.9. The smallest absolute Gasteiger partial charge is 0.461 e. The fourth-order valence-electron chi connectivity index (χ4n) is 3.84. The van der Waals surface area contributed by atoms with Gasteiger partial charge in [-0.05, 0) is 12.5 Å². The molecular formula is C22H23F5N6O5S. The highest BCUT2D eigenvalue weighted by Crippen LogP contribution is 2.44. The number of hydrogen-bond acceptors (Lipinski definition) is 11. The number of anilines is 1. The Kier molecular flexibility index (Phi) is 7.90. The number of esters is 2. The minimum absolute atomic E-state index is 0.0252. The van der Waals surface area contributed by atoms with Crippen LogP contribution in [0.3, 0.4) is 0 Å². The molecule has 1 aliphatic rings. The zero-order valence-electron chi connectivity index (χ0n) is 20.9. The first-order valence-corrected chi connectivity index (χ1v) is 12.5. The van der Waals surface area contributed by atoms with Crippen LogP contribution in [0.2, 0.25) is 0 Å². The van der Waals surface area contributed by atoms with E-state index in [2.05, 4.69) is 20.2 Å². The summed E-state index contributed by atoms with van der Waals surface area (Å²) < 4.78 is 83.2. The maximum absolute atomic E-state index is 14.0. The van der Waals surface area contributed by atoms with Crippen molar-refractivity contribution in [3.05, 3.63) is 22.6 Å². The first kappa shape index (κ1) is 28.4. The molecule has 0 aromatic carbocycles. The Bertz CT molecular complexity index is 1380. The van der Waals surface area contributed by atoms with Crippen molar-refractivity contribution in [3.63, 3.8) is 0 Å². The van der Waals surface area contributed by atoms with Gasteiger partial charge in [-0.3, -0.25) is 9.59 Å². The van der Waals surface area contributed by atoms with Crippen LogP contribution in [0, 0.1) is 0 Å². The summed E-state index contributed by atoms with van der Waals surface area (Å²) in [5, 5.41) is 7.37. The number of fused-ring (bicyclic) bond motifs is 2. The lowest BCUT2D eigenvalue weighted by Crippen LogP contribution is -2.40. The number of aryl methyl sites for hydroxylation is 1. The van der Waals surface area contributed by atoms with Gasteiger partial charge in [-0.2, -0.15) is 31.9 Å². The molecule has 39 heavy (non-hydrogen) atoms. The Morgan fingerprint density at radius 2 is 1.82 bits per heavy atom. The summed E-state index contributed by atoms with van der Waals surface area (Å²) in [5.74, 6) is -7.55.